The maximum Gasteiger partial charge on any atom is 0.188 e. The molecule has 0 unspecified atom stereocenters. The van der Waals surface area contributed by atoms with E-state index >= 15 is 0 Å². The minimum atomic E-state index is -0.272. The number of rotatable bonds is 6. The third kappa shape index (κ3) is 5.65. The van der Waals surface area contributed by atoms with Crippen molar-refractivity contribution in [2.75, 3.05) is 24.5 Å². The van der Waals surface area contributed by atoms with Crippen LogP contribution in [0.5, 0.6) is 0 Å². The second-order valence-corrected chi connectivity index (χ2v) is 6.70. The first-order valence-electron chi connectivity index (χ1n) is 9.27. The molecule has 27 heavy (non-hydrogen) atoms. The molecule has 1 fully saturated rings. The highest BCUT2D eigenvalue weighted by Crippen LogP contribution is 2.24. The van der Waals surface area contributed by atoms with Crippen LogP contribution in [0.3, 0.4) is 0 Å². The van der Waals surface area contributed by atoms with Gasteiger partial charge < -0.3 is 21.1 Å². The van der Waals surface area contributed by atoms with Crippen molar-refractivity contribution in [3.8, 4) is 0 Å². The Morgan fingerprint density at radius 2 is 2.11 bits per heavy atom. The molecule has 1 saturated heterocycles. The van der Waals surface area contributed by atoms with Gasteiger partial charge in [0.15, 0.2) is 5.96 Å². The maximum atomic E-state index is 14.4. The molecule has 0 saturated carbocycles. The summed E-state index contributed by atoms with van der Waals surface area (Å²) in [5.74, 6) is 0.0706. The molecule has 3 rings (SSSR count). The first kappa shape index (κ1) is 19.1. The summed E-state index contributed by atoms with van der Waals surface area (Å²) in [4.78, 5) is 10.5. The second kappa shape index (κ2) is 9.32. The summed E-state index contributed by atoms with van der Waals surface area (Å²) in [6, 6.07) is 10.9. The van der Waals surface area contributed by atoms with Crippen LogP contribution in [0.2, 0.25) is 0 Å². The lowest BCUT2D eigenvalue weighted by Crippen LogP contribution is -2.36. The van der Waals surface area contributed by atoms with E-state index in [1.54, 1.807) is 12.3 Å². The van der Waals surface area contributed by atoms with Crippen molar-refractivity contribution in [2.24, 2.45) is 10.7 Å². The third-order valence-corrected chi connectivity index (χ3v) is 4.66. The number of nitrogens with two attached hydrogens (primary N) is 1. The van der Waals surface area contributed by atoms with Gasteiger partial charge in [0.2, 0.25) is 0 Å². The molecule has 144 valence electrons. The molecule has 0 amide bonds. The van der Waals surface area contributed by atoms with Gasteiger partial charge in [-0.25, -0.2) is 9.38 Å². The molecule has 0 atom stereocenters. The summed E-state index contributed by atoms with van der Waals surface area (Å²) in [6.45, 7) is 2.30. The third-order valence-electron chi connectivity index (χ3n) is 4.66. The van der Waals surface area contributed by atoms with E-state index in [9.17, 15) is 9.50 Å². The summed E-state index contributed by atoms with van der Waals surface area (Å²) in [5, 5.41) is 12.6. The number of pyridine rings is 1. The minimum absolute atomic E-state index is 0.263. The van der Waals surface area contributed by atoms with E-state index in [1.807, 2.05) is 29.2 Å². The molecule has 0 spiro atoms. The lowest BCUT2D eigenvalue weighted by molar-refractivity contribution is 0.145. The first-order valence-corrected chi connectivity index (χ1v) is 9.27. The normalized spacial score (nSPS) is 15.8. The molecule has 7 heteroatoms. The van der Waals surface area contributed by atoms with Gasteiger partial charge in [0.1, 0.15) is 5.82 Å². The number of benzene rings is 1. The van der Waals surface area contributed by atoms with Crippen LogP contribution >= 0.6 is 0 Å². The smallest absolute Gasteiger partial charge is 0.188 e. The molecular formula is C20H26FN5O. The molecule has 1 aromatic carbocycles. The number of hydrogen-bond acceptors (Lipinski definition) is 4. The van der Waals surface area contributed by atoms with Crippen molar-refractivity contribution in [1.29, 1.82) is 0 Å². The van der Waals surface area contributed by atoms with Gasteiger partial charge in [0.25, 0.3) is 0 Å². The number of aliphatic imine (C=N–C) groups is 1. The average molecular weight is 371 g/mol. The largest absolute Gasteiger partial charge is 0.393 e. The van der Waals surface area contributed by atoms with Crippen molar-refractivity contribution in [3.05, 3.63) is 59.7 Å². The van der Waals surface area contributed by atoms with Crippen LogP contribution in [0, 0.1) is 5.82 Å². The zero-order chi connectivity index (χ0) is 19.1. The fraction of sp³-hybridized carbons (Fsp3) is 0.400. The Balaban J connectivity index is 1.49. The van der Waals surface area contributed by atoms with Crippen LogP contribution in [0.25, 0.3) is 0 Å². The number of halogens is 1. The highest BCUT2D eigenvalue weighted by molar-refractivity contribution is 5.77. The molecule has 0 radical (unpaired) electrons. The number of aliphatic hydroxyl groups is 1. The fourth-order valence-corrected chi connectivity index (χ4v) is 3.11. The Bertz CT molecular complexity index is 760. The minimum Gasteiger partial charge on any atom is -0.393 e. The Kier molecular flexibility index (Phi) is 6.59. The molecule has 4 N–H and O–H groups in total. The van der Waals surface area contributed by atoms with Gasteiger partial charge in [-0.15, -0.1) is 0 Å². The SMILES string of the molecule is NC(=NCc1ccc(N2CCC(O)CC2)c(F)c1)NCCc1ccccn1. The Morgan fingerprint density at radius 3 is 2.81 bits per heavy atom. The standard InChI is InChI=1S/C20H26FN5O/c21-18-13-15(4-5-19(18)26-11-7-17(27)8-12-26)14-25-20(22)24-10-6-16-3-1-2-9-23-16/h1-5,9,13,17,27H,6-8,10-12,14H2,(H3,22,24,25). The Hall–Kier alpha value is -2.67. The van der Waals surface area contributed by atoms with Crippen molar-refractivity contribution >= 4 is 11.6 Å². The van der Waals surface area contributed by atoms with E-state index in [-0.39, 0.29) is 11.9 Å². The van der Waals surface area contributed by atoms with E-state index in [0.717, 1.165) is 17.7 Å². The maximum absolute atomic E-state index is 14.4. The van der Waals surface area contributed by atoms with E-state index in [1.165, 1.54) is 6.07 Å². The molecule has 2 aromatic rings. The molecule has 1 aliphatic rings. The second-order valence-electron chi connectivity index (χ2n) is 6.70. The van der Waals surface area contributed by atoms with Gasteiger partial charge >= 0.3 is 0 Å². The van der Waals surface area contributed by atoms with Crippen molar-refractivity contribution in [1.82, 2.24) is 10.3 Å². The molecule has 1 aliphatic heterocycles. The monoisotopic (exact) mass is 371 g/mol. The number of hydrogen-bond donors (Lipinski definition) is 3. The summed E-state index contributed by atoms with van der Waals surface area (Å²) < 4.78 is 14.4. The van der Waals surface area contributed by atoms with Crippen LogP contribution in [0.1, 0.15) is 24.1 Å². The fourth-order valence-electron chi connectivity index (χ4n) is 3.11. The highest BCUT2D eigenvalue weighted by Gasteiger charge is 2.19. The van der Waals surface area contributed by atoms with Gasteiger partial charge in [0.05, 0.1) is 18.3 Å². The molecule has 0 aliphatic carbocycles. The van der Waals surface area contributed by atoms with Gasteiger partial charge in [-0.05, 0) is 42.7 Å². The van der Waals surface area contributed by atoms with Crippen LogP contribution in [-0.2, 0) is 13.0 Å². The van der Waals surface area contributed by atoms with Crippen molar-refractivity contribution < 1.29 is 9.50 Å². The zero-order valence-corrected chi connectivity index (χ0v) is 15.3. The summed E-state index contributed by atoms with van der Waals surface area (Å²) in [5.41, 5.74) is 8.21. The van der Waals surface area contributed by atoms with E-state index in [4.69, 9.17) is 5.73 Å². The predicted molar refractivity (Wildman–Crippen MR) is 105 cm³/mol. The number of aliphatic hydroxyl groups excluding tert-OH is 1. The summed E-state index contributed by atoms with van der Waals surface area (Å²) in [7, 11) is 0. The predicted octanol–water partition coefficient (Wildman–Crippen LogP) is 1.83. The number of anilines is 1. The number of piperidine rings is 1. The zero-order valence-electron chi connectivity index (χ0n) is 15.3. The number of nitrogens with one attached hydrogen (secondary N) is 1. The van der Waals surface area contributed by atoms with Crippen molar-refractivity contribution in [2.45, 2.75) is 31.9 Å². The van der Waals surface area contributed by atoms with Crippen LogP contribution < -0.4 is 16.0 Å². The van der Waals surface area contributed by atoms with Crippen LogP contribution in [-0.4, -0.2) is 41.8 Å². The van der Waals surface area contributed by atoms with E-state index in [0.29, 0.717) is 50.7 Å². The van der Waals surface area contributed by atoms with Gasteiger partial charge in [-0.2, -0.15) is 0 Å². The first-order chi connectivity index (χ1) is 13.1. The average Bonchev–Trinajstić information content (AvgIpc) is 2.68. The molecule has 6 nitrogen and oxygen atoms in total. The van der Waals surface area contributed by atoms with E-state index < -0.39 is 0 Å². The highest BCUT2D eigenvalue weighted by atomic mass is 19.1. The van der Waals surface area contributed by atoms with Gasteiger partial charge in [-0.1, -0.05) is 12.1 Å². The Labute approximate surface area is 158 Å². The van der Waals surface area contributed by atoms with Crippen LogP contribution in [0.15, 0.2) is 47.6 Å². The molecule has 1 aromatic heterocycles. The van der Waals surface area contributed by atoms with Crippen molar-refractivity contribution in [3.63, 3.8) is 0 Å². The summed E-state index contributed by atoms with van der Waals surface area (Å²) in [6.07, 6.45) is 3.59. The quantitative estimate of drug-likeness (QED) is 0.533. The van der Waals surface area contributed by atoms with E-state index in [2.05, 4.69) is 15.3 Å². The topological polar surface area (TPSA) is 86.8 Å². The lowest BCUT2D eigenvalue weighted by Gasteiger charge is -2.31. The lowest BCUT2D eigenvalue weighted by atomic mass is 10.1. The van der Waals surface area contributed by atoms with Crippen LogP contribution in [0.4, 0.5) is 10.1 Å². The molecule has 2 heterocycles. The van der Waals surface area contributed by atoms with Gasteiger partial charge in [-0.3, -0.25) is 4.98 Å². The Morgan fingerprint density at radius 1 is 1.30 bits per heavy atom. The number of nitrogens with zero attached hydrogens (tertiary/aromatic N) is 3. The van der Waals surface area contributed by atoms with Gasteiger partial charge in [0, 0.05) is 37.9 Å². The number of guanidine groups is 1. The number of aromatic nitrogens is 1. The molecular weight excluding hydrogens is 345 g/mol. The molecule has 0 bridgehead atoms. The summed E-state index contributed by atoms with van der Waals surface area (Å²) >= 11 is 0.